The van der Waals surface area contributed by atoms with Gasteiger partial charge in [0, 0.05) is 23.6 Å². The number of thioether (sulfide) groups is 1. The van der Waals surface area contributed by atoms with Crippen LogP contribution in [0.25, 0.3) is 17.0 Å². The maximum atomic E-state index is 13.4. The van der Waals surface area contributed by atoms with Gasteiger partial charge in [0.05, 0.1) is 4.91 Å². The second-order valence-corrected chi connectivity index (χ2v) is 6.84. The number of hydrogen-bond acceptors (Lipinski definition) is 3. The van der Waals surface area contributed by atoms with E-state index in [9.17, 15) is 18.4 Å². The molecule has 1 aliphatic heterocycles. The Morgan fingerprint density at radius 2 is 1.92 bits per heavy atom. The number of rotatable bonds is 3. The van der Waals surface area contributed by atoms with E-state index in [-0.39, 0.29) is 5.24 Å². The summed E-state index contributed by atoms with van der Waals surface area (Å²) in [4.78, 5) is 23.4. The average molecular weight is 370 g/mol. The zero-order valence-corrected chi connectivity index (χ0v) is 14.1. The third-order valence-corrected chi connectivity index (χ3v) is 4.92. The molecule has 0 saturated carbocycles. The highest BCUT2D eigenvalue weighted by molar-refractivity contribution is 8.18. The summed E-state index contributed by atoms with van der Waals surface area (Å²) >= 11 is 0.867. The second kappa shape index (κ2) is 6.42. The van der Waals surface area contributed by atoms with Crippen LogP contribution in [-0.4, -0.2) is 15.7 Å². The summed E-state index contributed by atoms with van der Waals surface area (Å²) in [6.45, 7) is 0.383. The third kappa shape index (κ3) is 3.01. The summed E-state index contributed by atoms with van der Waals surface area (Å²) in [5, 5.41) is 2.74. The number of hydrogen-bond donors (Lipinski definition) is 1. The van der Waals surface area contributed by atoms with Gasteiger partial charge < -0.3 is 4.57 Å². The number of imide groups is 1. The minimum absolute atomic E-state index is 0.343. The Hall–Kier alpha value is -2.93. The first-order chi connectivity index (χ1) is 12.5. The molecule has 0 aliphatic carbocycles. The fourth-order valence-electron chi connectivity index (χ4n) is 2.91. The van der Waals surface area contributed by atoms with Crippen molar-refractivity contribution in [2.45, 2.75) is 6.54 Å². The standard InChI is InChI=1S/C19H12F2N2O2S/c20-14-5-4-11(8-15(14)21)10-23-7-6-13-12(2-1-3-16(13)23)9-17-18(24)22-19(25)26-17/h1-9H,10H2,(H,22,24,25). The fourth-order valence-corrected chi connectivity index (χ4v) is 3.58. The predicted molar refractivity (Wildman–Crippen MR) is 96.5 cm³/mol. The Morgan fingerprint density at radius 3 is 2.65 bits per heavy atom. The van der Waals surface area contributed by atoms with Gasteiger partial charge in [0.1, 0.15) is 0 Å². The highest BCUT2D eigenvalue weighted by Crippen LogP contribution is 2.29. The molecule has 26 heavy (non-hydrogen) atoms. The van der Waals surface area contributed by atoms with Crippen LogP contribution in [0.5, 0.6) is 0 Å². The number of nitrogens with zero attached hydrogens (tertiary/aromatic N) is 1. The number of aromatic nitrogens is 1. The van der Waals surface area contributed by atoms with Gasteiger partial charge in [-0.2, -0.15) is 0 Å². The molecule has 2 amide bonds. The van der Waals surface area contributed by atoms with E-state index in [1.165, 1.54) is 6.07 Å². The molecule has 3 aromatic rings. The van der Waals surface area contributed by atoms with E-state index in [0.29, 0.717) is 17.0 Å². The monoisotopic (exact) mass is 370 g/mol. The van der Waals surface area contributed by atoms with E-state index in [4.69, 9.17) is 0 Å². The largest absolute Gasteiger partial charge is 0.343 e. The predicted octanol–water partition coefficient (Wildman–Crippen LogP) is 4.29. The van der Waals surface area contributed by atoms with Crippen LogP contribution in [0.3, 0.4) is 0 Å². The molecule has 1 aromatic heterocycles. The molecule has 4 nitrogen and oxygen atoms in total. The molecular formula is C19H12F2N2O2S. The SMILES string of the molecule is O=C1NC(=O)C(=Cc2cccc3c2ccn3Cc2ccc(F)c(F)c2)S1. The van der Waals surface area contributed by atoms with Crippen LogP contribution in [0.2, 0.25) is 0 Å². The summed E-state index contributed by atoms with van der Waals surface area (Å²) in [5.74, 6) is -2.15. The molecule has 4 rings (SSSR count). The van der Waals surface area contributed by atoms with Crippen molar-refractivity contribution >= 4 is 39.9 Å². The first-order valence-corrected chi connectivity index (χ1v) is 8.59. The molecule has 2 heterocycles. The van der Waals surface area contributed by atoms with Crippen molar-refractivity contribution in [1.82, 2.24) is 9.88 Å². The van der Waals surface area contributed by atoms with Crippen molar-refractivity contribution in [3.05, 3.63) is 76.3 Å². The Labute approximate surface area is 151 Å². The summed E-state index contributed by atoms with van der Waals surface area (Å²) in [5.41, 5.74) is 2.33. The zero-order valence-electron chi connectivity index (χ0n) is 13.3. The van der Waals surface area contributed by atoms with Crippen molar-refractivity contribution in [3.63, 3.8) is 0 Å². The summed E-state index contributed by atoms with van der Waals surface area (Å²) < 4.78 is 28.4. The first kappa shape index (κ1) is 16.5. The number of carbonyl (C=O) groups excluding carboxylic acids is 2. The normalized spacial score (nSPS) is 15.8. The Morgan fingerprint density at radius 1 is 1.08 bits per heavy atom. The van der Waals surface area contributed by atoms with Crippen LogP contribution in [-0.2, 0) is 11.3 Å². The van der Waals surface area contributed by atoms with Gasteiger partial charge in [0.25, 0.3) is 11.1 Å². The smallest absolute Gasteiger partial charge is 0.290 e. The van der Waals surface area contributed by atoms with Gasteiger partial charge in [-0.1, -0.05) is 18.2 Å². The number of benzene rings is 2. The summed E-state index contributed by atoms with van der Waals surface area (Å²) in [7, 11) is 0. The fraction of sp³-hybridized carbons (Fsp3) is 0.0526. The van der Waals surface area contributed by atoms with Crippen LogP contribution < -0.4 is 5.32 Å². The van der Waals surface area contributed by atoms with Gasteiger partial charge in [0.15, 0.2) is 11.6 Å². The Balaban J connectivity index is 1.71. The molecule has 0 bridgehead atoms. The quantitative estimate of drug-likeness (QED) is 0.700. The van der Waals surface area contributed by atoms with E-state index < -0.39 is 17.5 Å². The first-order valence-electron chi connectivity index (χ1n) is 7.78. The van der Waals surface area contributed by atoms with Crippen LogP contribution in [0.1, 0.15) is 11.1 Å². The van der Waals surface area contributed by atoms with E-state index in [2.05, 4.69) is 5.32 Å². The van der Waals surface area contributed by atoms with E-state index in [0.717, 1.165) is 34.3 Å². The molecule has 130 valence electrons. The van der Waals surface area contributed by atoms with Gasteiger partial charge in [-0.15, -0.1) is 0 Å². The molecule has 0 spiro atoms. The minimum atomic E-state index is -0.877. The van der Waals surface area contributed by atoms with Crippen molar-refractivity contribution in [3.8, 4) is 0 Å². The van der Waals surface area contributed by atoms with Crippen LogP contribution in [0.4, 0.5) is 13.6 Å². The van der Waals surface area contributed by atoms with Crippen LogP contribution >= 0.6 is 11.8 Å². The van der Waals surface area contributed by atoms with Gasteiger partial charge in [0.2, 0.25) is 0 Å². The lowest BCUT2D eigenvalue weighted by Crippen LogP contribution is -2.17. The molecular weight excluding hydrogens is 358 g/mol. The third-order valence-electron chi connectivity index (χ3n) is 4.11. The van der Waals surface area contributed by atoms with E-state index in [1.54, 1.807) is 12.1 Å². The maximum Gasteiger partial charge on any atom is 0.290 e. The van der Waals surface area contributed by atoms with Gasteiger partial charge >= 0.3 is 0 Å². The Kier molecular flexibility index (Phi) is 4.08. The minimum Gasteiger partial charge on any atom is -0.343 e. The number of fused-ring (bicyclic) bond motifs is 1. The molecule has 2 aromatic carbocycles. The number of carbonyl (C=O) groups is 2. The van der Waals surface area contributed by atoms with Gasteiger partial charge in [-0.25, -0.2) is 8.78 Å². The van der Waals surface area contributed by atoms with E-state index >= 15 is 0 Å². The number of halogens is 2. The van der Waals surface area contributed by atoms with Crippen molar-refractivity contribution in [2.75, 3.05) is 0 Å². The lowest BCUT2D eigenvalue weighted by atomic mass is 10.1. The van der Waals surface area contributed by atoms with Gasteiger partial charge in [-0.3, -0.25) is 14.9 Å². The molecule has 0 unspecified atom stereocenters. The Bertz CT molecular complexity index is 1090. The van der Waals surface area contributed by atoms with Gasteiger partial charge in [-0.05, 0) is 53.2 Å². The lowest BCUT2D eigenvalue weighted by molar-refractivity contribution is -0.115. The summed E-state index contributed by atoms with van der Waals surface area (Å²) in [6, 6.07) is 11.3. The van der Waals surface area contributed by atoms with Crippen molar-refractivity contribution < 1.29 is 18.4 Å². The topological polar surface area (TPSA) is 51.1 Å². The zero-order chi connectivity index (χ0) is 18.3. The lowest BCUT2D eigenvalue weighted by Gasteiger charge is -2.07. The highest BCUT2D eigenvalue weighted by atomic mass is 32.2. The molecule has 1 fully saturated rings. The number of nitrogens with one attached hydrogen (secondary N) is 1. The molecule has 1 aliphatic rings. The maximum absolute atomic E-state index is 13.4. The second-order valence-electron chi connectivity index (χ2n) is 5.82. The molecule has 1 N–H and O–H groups in total. The van der Waals surface area contributed by atoms with E-state index in [1.807, 2.05) is 35.0 Å². The van der Waals surface area contributed by atoms with Crippen LogP contribution in [0, 0.1) is 11.6 Å². The molecule has 1 saturated heterocycles. The van der Waals surface area contributed by atoms with Crippen molar-refractivity contribution in [1.29, 1.82) is 0 Å². The molecule has 7 heteroatoms. The highest BCUT2D eigenvalue weighted by Gasteiger charge is 2.25. The molecule has 0 radical (unpaired) electrons. The average Bonchev–Trinajstić information content (AvgIpc) is 3.15. The van der Waals surface area contributed by atoms with Crippen LogP contribution in [0.15, 0.2) is 53.6 Å². The molecule has 0 atom stereocenters. The van der Waals surface area contributed by atoms with Crippen molar-refractivity contribution in [2.24, 2.45) is 0 Å². The number of amides is 2. The summed E-state index contributed by atoms with van der Waals surface area (Å²) in [6.07, 6.45) is 3.52.